The largest absolute Gasteiger partial charge is 0.481 e. The van der Waals surface area contributed by atoms with Gasteiger partial charge in [0.05, 0.1) is 6.21 Å². The van der Waals surface area contributed by atoms with Crippen molar-refractivity contribution in [3.05, 3.63) is 102 Å². The molecule has 0 aliphatic rings. The molecule has 0 saturated carbocycles. The van der Waals surface area contributed by atoms with E-state index in [-0.39, 0.29) is 6.10 Å². The maximum Gasteiger partial charge on any atom is 0.332 e. The lowest BCUT2D eigenvalue weighted by atomic mass is 10.0. The number of amides is 2. The summed E-state index contributed by atoms with van der Waals surface area (Å²) in [6.45, 7) is 0. The fraction of sp³-hybridized carbons (Fsp3) is 0.0476. The van der Waals surface area contributed by atoms with Crippen LogP contribution in [0.4, 0.5) is 4.79 Å². The van der Waals surface area contributed by atoms with E-state index in [1.807, 2.05) is 84.9 Å². The molecule has 0 aliphatic carbocycles. The number of carbonyl (C=O) groups is 1. The molecule has 0 unspecified atom stereocenters. The zero-order valence-electron chi connectivity index (χ0n) is 14.1. The Morgan fingerprint density at radius 1 is 0.885 bits per heavy atom. The number of nitrogens with one attached hydrogen (secondary N) is 1. The van der Waals surface area contributed by atoms with Gasteiger partial charge in [-0.1, -0.05) is 60.7 Å². The molecule has 3 rings (SSSR count). The van der Waals surface area contributed by atoms with Gasteiger partial charge < -0.3 is 10.5 Å². The minimum absolute atomic E-state index is 0.201. The van der Waals surface area contributed by atoms with E-state index in [4.69, 9.17) is 10.5 Å². The number of hydrazone groups is 1. The van der Waals surface area contributed by atoms with Gasteiger partial charge in [0.2, 0.25) is 0 Å². The number of urea groups is 1. The van der Waals surface area contributed by atoms with Crippen LogP contribution in [0.2, 0.25) is 0 Å². The van der Waals surface area contributed by atoms with Crippen LogP contribution in [0.3, 0.4) is 0 Å². The maximum absolute atomic E-state index is 10.6. The van der Waals surface area contributed by atoms with E-state index in [9.17, 15) is 4.79 Å². The Labute approximate surface area is 152 Å². The Bertz CT molecular complexity index is 823. The average Bonchev–Trinajstić information content (AvgIpc) is 2.68. The summed E-state index contributed by atoms with van der Waals surface area (Å²) in [5.74, 6) is 0.739. The van der Waals surface area contributed by atoms with Crippen LogP contribution in [-0.2, 0) is 0 Å². The molecule has 0 aromatic heterocycles. The smallest absolute Gasteiger partial charge is 0.332 e. The highest BCUT2D eigenvalue weighted by Gasteiger charge is 2.15. The lowest BCUT2D eigenvalue weighted by molar-refractivity contribution is 0.247. The van der Waals surface area contributed by atoms with Crippen molar-refractivity contribution in [2.75, 3.05) is 0 Å². The van der Waals surface area contributed by atoms with Gasteiger partial charge in [-0.25, -0.2) is 10.2 Å². The molecule has 0 bridgehead atoms. The highest BCUT2D eigenvalue weighted by atomic mass is 16.5. The molecule has 5 heteroatoms. The molecule has 0 saturated heterocycles. The molecule has 0 radical (unpaired) electrons. The SMILES string of the molecule is NC(=O)N/N=C/c1ccc(OC(c2ccccc2)c2ccccc2)cc1. The number of hydrogen-bond donors (Lipinski definition) is 2. The number of nitrogens with zero attached hydrogens (tertiary/aromatic N) is 1. The number of primary amides is 1. The number of ether oxygens (including phenoxy) is 1. The summed E-state index contributed by atoms with van der Waals surface area (Å²) in [6, 6.07) is 26.9. The molecule has 0 atom stereocenters. The summed E-state index contributed by atoms with van der Waals surface area (Å²) < 4.78 is 6.25. The molecule has 0 fully saturated rings. The Kier molecular flexibility index (Phi) is 5.62. The molecule has 26 heavy (non-hydrogen) atoms. The summed E-state index contributed by atoms with van der Waals surface area (Å²) in [4.78, 5) is 10.6. The van der Waals surface area contributed by atoms with Crippen LogP contribution in [0.1, 0.15) is 22.8 Å². The Morgan fingerprint density at radius 2 is 1.42 bits per heavy atom. The van der Waals surface area contributed by atoms with Crippen LogP contribution in [-0.4, -0.2) is 12.2 Å². The lowest BCUT2D eigenvalue weighted by Gasteiger charge is -2.20. The topological polar surface area (TPSA) is 76.7 Å². The average molecular weight is 345 g/mol. The van der Waals surface area contributed by atoms with Crippen LogP contribution in [0, 0.1) is 0 Å². The molecule has 5 nitrogen and oxygen atoms in total. The summed E-state index contributed by atoms with van der Waals surface area (Å²) >= 11 is 0. The summed E-state index contributed by atoms with van der Waals surface area (Å²) in [5.41, 5.74) is 10.1. The third kappa shape index (κ3) is 4.70. The van der Waals surface area contributed by atoms with Crippen molar-refractivity contribution in [2.45, 2.75) is 6.10 Å². The minimum Gasteiger partial charge on any atom is -0.481 e. The molecule has 130 valence electrons. The second-order valence-electron chi connectivity index (χ2n) is 5.62. The van der Waals surface area contributed by atoms with Crippen LogP contribution >= 0.6 is 0 Å². The van der Waals surface area contributed by atoms with E-state index in [0.717, 1.165) is 22.4 Å². The van der Waals surface area contributed by atoms with Crippen molar-refractivity contribution >= 4 is 12.2 Å². The van der Waals surface area contributed by atoms with Gasteiger partial charge in [-0.3, -0.25) is 0 Å². The molecule has 3 N–H and O–H groups in total. The van der Waals surface area contributed by atoms with Crippen molar-refractivity contribution < 1.29 is 9.53 Å². The fourth-order valence-electron chi connectivity index (χ4n) is 2.52. The highest BCUT2D eigenvalue weighted by Crippen LogP contribution is 2.28. The monoisotopic (exact) mass is 345 g/mol. The zero-order valence-corrected chi connectivity index (χ0v) is 14.1. The van der Waals surface area contributed by atoms with Gasteiger partial charge in [0, 0.05) is 0 Å². The summed E-state index contributed by atoms with van der Waals surface area (Å²) in [5, 5.41) is 3.74. The standard InChI is InChI=1S/C21H19N3O2/c22-21(25)24-23-15-16-11-13-19(14-12-16)26-20(17-7-3-1-4-8-17)18-9-5-2-6-10-18/h1-15,20H,(H3,22,24,25)/b23-15+. The zero-order chi connectivity index (χ0) is 18.2. The van der Waals surface area contributed by atoms with Gasteiger partial charge in [-0.15, -0.1) is 0 Å². The quantitative estimate of drug-likeness (QED) is 0.526. The van der Waals surface area contributed by atoms with Crippen LogP contribution in [0.5, 0.6) is 5.75 Å². The Morgan fingerprint density at radius 3 is 1.92 bits per heavy atom. The van der Waals surface area contributed by atoms with E-state index in [2.05, 4.69) is 10.5 Å². The molecule has 0 spiro atoms. The van der Waals surface area contributed by atoms with Gasteiger partial charge in [-0.05, 0) is 41.0 Å². The van der Waals surface area contributed by atoms with Gasteiger partial charge in [0.25, 0.3) is 0 Å². The highest BCUT2D eigenvalue weighted by molar-refractivity contribution is 5.81. The number of rotatable bonds is 6. The number of nitrogens with two attached hydrogens (primary N) is 1. The second-order valence-corrected chi connectivity index (χ2v) is 5.62. The first-order valence-corrected chi connectivity index (χ1v) is 8.17. The summed E-state index contributed by atoms with van der Waals surface area (Å²) in [6.07, 6.45) is 1.31. The van der Waals surface area contributed by atoms with E-state index >= 15 is 0 Å². The fourth-order valence-corrected chi connectivity index (χ4v) is 2.52. The minimum atomic E-state index is -0.699. The lowest BCUT2D eigenvalue weighted by Crippen LogP contribution is -2.24. The number of hydrogen-bond acceptors (Lipinski definition) is 3. The molecule has 2 amide bonds. The number of benzene rings is 3. The molecule has 0 aliphatic heterocycles. The predicted octanol–water partition coefficient (Wildman–Crippen LogP) is 3.86. The molecule has 3 aromatic rings. The van der Waals surface area contributed by atoms with E-state index in [1.54, 1.807) is 0 Å². The van der Waals surface area contributed by atoms with E-state index in [1.165, 1.54) is 6.21 Å². The Balaban J connectivity index is 1.79. The van der Waals surface area contributed by atoms with E-state index in [0.29, 0.717) is 0 Å². The molecule has 3 aromatic carbocycles. The molecular formula is C21H19N3O2. The third-order valence-electron chi connectivity index (χ3n) is 3.73. The Hall–Kier alpha value is -3.60. The van der Waals surface area contributed by atoms with Gasteiger partial charge in [0.1, 0.15) is 11.9 Å². The molecular weight excluding hydrogens is 326 g/mol. The van der Waals surface area contributed by atoms with Crippen molar-refractivity contribution in [1.29, 1.82) is 0 Å². The van der Waals surface area contributed by atoms with E-state index < -0.39 is 6.03 Å². The third-order valence-corrected chi connectivity index (χ3v) is 3.73. The predicted molar refractivity (Wildman–Crippen MR) is 102 cm³/mol. The van der Waals surface area contributed by atoms with Gasteiger partial charge >= 0.3 is 6.03 Å². The van der Waals surface area contributed by atoms with Crippen molar-refractivity contribution in [2.24, 2.45) is 10.8 Å². The van der Waals surface area contributed by atoms with Crippen LogP contribution in [0.25, 0.3) is 0 Å². The van der Waals surface area contributed by atoms with Crippen molar-refractivity contribution in [1.82, 2.24) is 5.43 Å². The first-order chi connectivity index (χ1) is 12.7. The number of carbonyl (C=O) groups excluding carboxylic acids is 1. The molecule has 0 heterocycles. The van der Waals surface area contributed by atoms with Gasteiger partial charge in [-0.2, -0.15) is 5.10 Å². The van der Waals surface area contributed by atoms with Crippen molar-refractivity contribution in [3.8, 4) is 5.75 Å². The first-order valence-electron chi connectivity index (χ1n) is 8.17. The van der Waals surface area contributed by atoms with Gasteiger partial charge in [0.15, 0.2) is 0 Å². The summed E-state index contributed by atoms with van der Waals surface area (Å²) in [7, 11) is 0. The van der Waals surface area contributed by atoms with Crippen LogP contribution in [0.15, 0.2) is 90.0 Å². The second kappa shape index (κ2) is 8.48. The normalized spacial score (nSPS) is 10.8. The maximum atomic E-state index is 10.6. The van der Waals surface area contributed by atoms with Crippen LogP contribution < -0.4 is 15.9 Å². The first kappa shape index (κ1) is 17.2. The van der Waals surface area contributed by atoms with Crippen molar-refractivity contribution in [3.63, 3.8) is 0 Å².